The summed E-state index contributed by atoms with van der Waals surface area (Å²) in [4.78, 5) is 9.16. The molecule has 20 heavy (non-hydrogen) atoms. The summed E-state index contributed by atoms with van der Waals surface area (Å²) < 4.78 is 13.9. The van der Waals surface area contributed by atoms with Crippen molar-refractivity contribution in [1.29, 1.82) is 0 Å². The summed E-state index contributed by atoms with van der Waals surface area (Å²) in [5.41, 5.74) is 2.58. The van der Waals surface area contributed by atoms with E-state index in [0.717, 1.165) is 37.4 Å². The number of fused-ring (bicyclic) bond motifs is 2. The van der Waals surface area contributed by atoms with Crippen LogP contribution in [0.5, 0.6) is 0 Å². The second-order valence-corrected chi connectivity index (χ2v) is 5.52. The van der Waals surface area contributed by atoms with Crippen molar-refractivity contribution < 1.29 is 4.39 Å². The normalized spacial score (nSPS) is 24.4. The first-order chi connectivity index (χ1) is 9.81. The number of anilines is 1. The summed E-state index contributed by atoms with van der Waals surface area (Å²) in [5.74, 6) is -0.195. The Morgan fingerprint density at radius 3 is 2.70 bits per heavy atom. The number of pyridine rings is 1. The van der Waals surface area contributed by atoms with E-state index in [1.165, 1.54) is 6.07 Å². The van der Waals surface area contributed by atoms with Gasteiger partial charge in [0.1, 0.15) is 5.82 Å². The lowest BCUT2D eigenvalue weighted by molar-refractivity contribution is 0.110. The molecule has 1 aromatic carbocycles. The van der Waals surface area contributed by atoms with E-state index in [2.05, 4.69) is 20.9 Å². The molecule has 3 aliphatic rings. The van der Waals surface area contributed by atoms with Gasteiger partial charge in [0, 0.05) is 43.5 Å². The molecule has 2 aromatic rings. The molecule has 5 rings (SSSR count). The molecule has 4 heteroatoms. The third kappa shape index (κ3) is 1.88. The molecule has 1 aromatic heterocycles. The number of halogens is 1. The molecule has 0 N–H and O–H groups in total. The Hall–Kier alpha value is -1.94. The van der Waals surface area contributed by atoms with E-state index in [9.17, 15) is 4.39 Å². The number of rotatable bonds is 2. The predicted molar refractivity (Wildman–Crippen MR) is 77.2 cm³/mol. The predicted octanol–water partition coefficient (Wildman–Crippen LogP) is 2.39. The quantitative estimate of drug-likeness (QED) is 0.834. The molecular weight excluding hydrogens is 253 g/mol. The first kappa shape index (κ1) is 11.9. The molecule has 4 heterocycles. The van der Waals surface area contributed by atoms with Gasteiger partial charge >= 0.3 is 0 Å². The molecule has 102 valence electrons. The van der Waals surface area contributed by atoms with Crippen LogP contribution < -0.4 is 4.90 Å². The van der Waals surface area contributed by atoms with Gasteiger partial charge in [-0.15, -0.1) is 0 Å². The van der Waals surface area contributed by atoms with Crippen LogP contribution in [-0.2, 0) is 0 Å². The van der Waals surface area contributed by atoms with Crippen molar-refractivity contribution in [2.45, 2.75) is 6.04 Å². The van der Waals surface area contributed by atoms with Gasteiger partial charge in [-0.3, -0.25) is 9.88 Å². The van der Waals surface area contributed by atoms with Gasteiger partial charge in [-0.05, 0) is 12.1 Å². The summed E-state index contributed by atoms with van der Waals surface area (Å²) in [6.07, 6.45) is 3.62. The van der Waals surface area contributed by atoms with Crippen LogP contribution in [0.25, 0.3) is 11.1 Å². The summed E-state index contributed by atoms with van der Waals surface area (Å²) >= 11 is 0. The Kier molecular flexibility index (Phi) is 2.70. The van der Waals surface area contributed by atoms with Gasteiger partial charge in [-0.1, -0.05) is 18.2 Å². The van der Waals surface area contributed by atoms with Crippen molar-refractivity contribution in [3.05, 3.63) is 48.5 Å². The van der Waals surface area contributed by atoms with Gasteiger partial charge in [-0.2, -0.15) is 0 Å². The lowest BCUT2D eigenvalue weighted by Crippen LogP contribution is -2.66. The minimum Gasteiger partial charge on any atom is -0.363 e. The van der Waals surface area contributed by atoms with Crippen LogP contribution in [0.1, 0.15) is 0 Å². The van der Waals surface area contributed by atoms with E-state index < -0.39 is 0 Å². The zero-order valence-electron chi connectivity index (χ0n) is 11.2. The number of hydrogen-bond donors (Lipinski definition) is 0. The first-order valence-electron chi connectivity index (χ1n) is 7.00. The molecule has 3 aliphatic heterocycles. The average molecular weight is 269 g/mol. The van der Waals surface area contributed by atoms with E-state index in [1.54, 1.807) is 18.3 Å². The topological polar surface area (TPSA) is 19.4 Å². The molecule has 3 fully saturated rings. The van der Waals surface area contributed by atoms with E-state index >= 15 is 0 Å². The first-order valence-corrected chi connectivity index (χ1v) is 7.00. The van der Waals surface area contributed by atoms with Gasteiger partial charge in [0.05, 0.1) is 17.9 Å². The largest absolute Gasteiger partial charge is 0.363 e. The Labute approximate surface area is 117 Å². The lowest BCUT2D eigenvalue weighted by atomic mass is 10.0. The summed E-state index contributed by atoms with van der Waals surface area (Å²) in [5, 5.41) is 0. The highest BCUT2D eigenvalue weighted by atomic mass is 19.1. The fraction of sp³-hybridized carbons (Fsp3) is 0.312. The van der Waals surface area contributed by atoms with Crippen molar-refractivity contribution in [2.75, 3.05) is 31.1 Å². The molecule has 0 saturated carbocycles. The lowest BCUT2D eigenvalue weighted by Gasteiger charge is -2.52. The van der Waals surface area contributed by atoms with Crippen LogP contribution in [0.15, 0.2) is 42.7 Å². The van der Waals surface area contributed by atoms with Crippen LogP contribution >= 0.6 is 0 Å². The molecule has 2 bridgehead atoms. The van der Waals surface area contributed by atoms with Gasteiger partial charge in [0.25, 0.3) is 0 Å². The second-order valence-electron chi connectivity index (χ2n) is 5.52. The third-order valence-corrected chi connectivity index (χ3v) is 4.28. The fourth-order valence-electron chi connectivity index (χ4n) is 3.12. The van der Waals surface area contributed by atoms with Crippen LogP contribution in [0, 0.1) is 5.82 Å². The SMILES string of the molecule is Fc1ccccc1-c1cncc(N2CCN3CC2C3)c1. The number of benzene rings is 1. The van der Waals surface area contributed by atoms with Gasteiger partial charge < -0.3 is 4.90 Å². The summed E-state index contributed by atoms with van der Waals surface area (Å²) in [6, 6.07) is 9.52. The average Bonchev–Trinajstić information content (AvgIpc) is 2.47. The second kappa shape index (κ2) is 4.56. The number of aromatic nitrogens is 1. The van der Waals surface area contributed by atoms with Crippen LogP contribution in [0.4, 0.5) is 10.1 Å². The Bertz CT molecular complexity index is 634. The molecule has 0 spiro atoms. The molecule has 0 radical (unpaired) electrons. The maximum Gasteiger partial charge on any atom is 0.131 e. The van der Waals surface area contributed by atoms with Crippen LogP contribution in [0.3, 0.4) is 0 Å². The molecule has 0 atom stereocenters. The standard InChI is InChI=1S/C16H16FN3/c17-16-4-2-1-3-15(16)12-7-13(9-18-8-12)20-6-5-19-10-14(20)11-19/h1-4,7-9,14H,5-6,10-11H2. The molecular formula is C16H16FN3. The van der Waals surface area contributed by atoms with E-state index in [-0.39, 0.29) is 5.82 Å². The third-order valence-electron chi connectivity index (χ3n) is 4.28. The fourth-order valence-corrected chi connectivity index (χ4v) is 3.12. The molecule has 0 unspecified atom stereocenters. The zero-order chi connectivity index (χ0) is 13.5. The highest BCUT2D eigenvalue weighted by molar-refractivity contribution is 5.68. The van der Waals surface area contributed by atoms with Gasteiger partial charge in [0.2, 0.25) is 0 Å². The molecule has 0 amide bonds. The zero-order valence-corrected chi connectivity index (χ0v) is 11.2. The maximum absolute atomic E-state index is 13.9. The van der Waals surface area contributed by atoms with E-state index in [4.69, 9.17) is 0 Å². The van der Waals surface area contributed by atoms with E-state index in [0.29, 0.717) is 11.6 Å². The van der Waals surface area contributed by atoms with Crippen molar-refractivity contribution in [3.8, 4) is 11.1 Å². The Balaban J connectivity index is 1.69. The monoisotopic (exact) mass is 269 g/mol. The van der Waals surface area contributed by atoms with Crippen molar-refractivity contribution in [3.63, 3.8) is 0 Å². The van der Waals surface area contributed by atoms with Crippen LogP contribution in [0.2, 0.25) is 0 Å². The van der Waals surface area contributed by atoms with Gasteiger partial charge in [0.15, 0.2) is 0 Å². The Morgan fingerprint density at radius 2 is 1.95 bits per heavy atom. The summed E-state index contributed by atoms with van der Waals surface area (Å²) in [7, 11) is 0. The minimum atomic E-state index is -0.195. The molecule has 0 aliphatic carbocycles. The highest BCUT2D eigenvalue weighted by Crippen LogP contribution is 2.30. The smallest absolute Gasteiger partial charge is 0.131 e. The summed E-state index contributed by atoms with van der Waals surface area (Å²) in [6.45, 7) is 4.43. The van der Waals surface area contributed by atoms with E-state index in [1.807, 2.05) is 12.3 Å². The number of piperazine rings is 2. The molecule has 3 saturated heterocycles. The molecule has 3 nitrogen and oxygen atoms in total. The number of hydrogen-bond acceptors (Lipinski definition) is 3. The van der Waals surface area contributed by atoms with Gasteiger partial charge in [-0.25, -0.2) is 4.39 Å². The number of nitrogens with zero attached hydrogens (tertiary/aromatic N) is 3. The maximum atomic E-state index is 13.9. The highest BCUT2D eigenvalue weighted by Gasteiger charge is 2.36. The minimum absolute atomic E-state index is 0.195. The Morgan fingerprint density at radius 1 is 1.10 bits per heavy atom. The van der Waals surface area contributed by atoms with Crippen LogP contribution in [-0.4, -0.2) is 42.1 Å². The van der Waals surface area contributed by atoms with Crippen molar-refractivity contribution in [2.24, 2.45) is 0 Å². The van der Waals surface area contributed by atoms with Crippen molar-refractivity contribution in [1.82, 2.24) is 9.88 Å². The van der Waals surface area contributed by atoms with Crippen molar-refractivity contribution >= 4 is 5.69 Å².